The van der Waals surface area contributed by atoms with Crippen LogP contribution < -0.4 is 15.0 Å². The maximum Gasteiger partial charge on any atom is 0.420 e. The molecule has 1 heterocycles. The first-order valence-corrected chi connectivity index (χ1v) is 9.73. The number of hydrogen-bond donors (Lipinski definition) is 1. The lowest BCUT2D eigenvalue weighted by Crippen LogP contribution is -2.30. The number of hydrogen-bond acceptors (Lipinski definition) is 4. The number of alkyl halides is 6. The van der Waals surface area contributed by atoms with E-state index in [1.165, 1.54) is 24.5 Å². The zero-order chi connectivity index (χ0) is 26.0. The van der Waals surface area contributed by atoms with Crippen LogP contribution in [0.5, 0.6) is 5.75 Å². The van der Waals surface area contributed by atoms with E-state index in [0.717, 1.165) is 41.2 Å². The molecule has 3 aromatic rings. The fourth-order valence-corrected chi connectivity index (χ4v) is 2.96. The number of rotatable bonds is 5. The Kier molecular flexibility index (Phi) is 7.08. The normalized spacial score (nSPS) is 12.1. The van der Waals surface area contributed by atoms with Gasteiger partial charge in [0.1, 0.15) is 5.82 Å². The Labute approximate surface area is 194 Å². The fourth-order valence-electron chi connectivity index (χ4n) is 2.96. The first-order valence-electron chi connectivity index (χ1n) is 9.73. The average Bonchev–Trinajstić information content (AvgIpc) is 3.25. The molecule has 0 aliphatic rings. The second-order valence-electron chi connectivity index (χ2n) is 7.11. The highest BCUT2D eigenvalue weighted by Gasteiger charge is 2.41. The highest BCUT2D eigenvalue weighted by Crippen LogP contribution is 2.46. The average molecular weight is 502 g/mol. The molecule has 6 nitrogen and oxygen atoms in total. The van der Waals surface area contributed by atoms with Gasteiger partial charge in [0, 0.05) is 49.5 Å². The van der Waals surface area contributed by atoms with Crippen molar-refractivity contribution < 1.29 is 40.3 Å². The van der Waals surface area contributed by atoms with E-state index in [0.29, 0.717) is 6.07 Å². The van der Waals surface area contributed by atoms with Crippen molar-refractivity contribution in [1.29, 1.82) is 0 Å². The molecule has 0 bridgehead atoms. The molecular weight excluding hydrogens is 485 g/mol. The minimum atomic E-state index is -5.30. The van der Waals surface area contributed by atoms with E-state index in [9.17, 15) is 35.5 Å². The third-order valence-corrected chi connectivity index (χ3v) is 4.71. The van der Waals surface area contributed by atoms with E-state index in [4.69, 9.17) is 4.74 Å². The summed E-state index contributed by atoms with van der Waals surface area (Å²) in [5.74, 6) is -1.76. The molecule has 0 radical (unpaired) electrons. The smallest absolute Gasteiger partial charge is 0.409 e. The van der Waals surface area contributed by atoms with Crippen molar-refractivity contribution in [3.63, 3.8) is 0 Å². The summed E-state index contributed by atoms with van der Waals surface area (Å²) >= 11 is 0. The summed E-state index contributed by atoms with van der Waals surface area (Å²) in [6.07, 6.45) is -6.81. The van der Waals surface area contributed by atoms with Gasteiger partial charge in [-0.15, -0.1) is 0 Å². The van der Waals surface area contributed by atoms with Crippen LogP contribution in [0.25, 0.3) is 17.3 Å². The van der Waals surface area contributed by atoms with Gasteiger partial charge in [-0.3, -0.25) is 4.90 Å². The van der Waals surface area contributed by atoms with Crippen LogP contribution in [0.3, 0.4) is 0 Å². The lowest BCUT2D eigenvalue weighted by atomic mass is 9.99. The summed E-state index contributed by atoms with van der Waals surface area (Å²) < 4.78 is 101. The zero-order valence-corrected chi connectivity index (χ0v) is 18.1. The van der Waals surface area contributed by atoms with Gasteiger partial charge in [-0.25, -0.2) is 13.9 Å². The summed E-state index contributed by atoms with van der Waals surface area (Å²) in [6.45, 7) is 0. The Balaban J connectivity index is 2.16. The predicted molar refractivity (Wildman–Crippen MR) is 113 cm³/mol. The number of nitrogens with zero attached hydrogens (tertiary/aromatic N) is 3. The van der Waals surface area contributed by atoms with Crippen LogP contribution in [-0.2, 0) is 12.4 Å². The van der Waals surface area contributed by atoms with Crippen LogP contribution >= 0.6 is 0 Å². The van der Waals surface area contributed by atoms with Gasteiger partial charge in [-0.1, -0.05) is 0 Å². The molecule has 3 rings (SSSR count). The molecule has 0 spiro atoms. The molecule has 0 saturated carbocycles. The van der Waals surface area contributed by atoms with Gasteiger partial charge in [0.25, 0.3) is 0 Å². The molecule has 186 valence electrons. The van der Waals surface area contributed by atoms with E-state index in [1.54, 1.807) is 7.05 Å². The summed E-state index contributed by atoms with van der Waals surface area (Å²) in [6, 6.07) is 4.68. The molecule has 0 saturated heterocycles. The Morgan fingerprint density at radius 2 is 1.74 bits per heavy atom. The van der Waals surface area contributed by atoms with Crippen molar-refractivity contribution in [2.45, 2.75) is 12.4 Å². The number of carbonyl (C=O) groups is 1. The highest BCUT2D eigenvalue weighted by atomic mass is 19.4. The van der Waals surface area contributed by atoms with Crippen molar-refractivity contribution in [2.24, 2.45) is 0 Å². The van der Waals surface area contributed by atoms with Crippen molar-refractivity contribution in [3.05, 3.63) is 71.9 Å². The quantitative estimate of drug-likeness (QED) is 0.435. The van der Waals surface area contributed by atoms with Crippen LogP contribution in [0.2, 0.25) is 0 Å². The van der Waals surface area contributed by atoms with E-state index in [-0.39, 0.29) is 17.3 Å². The third kappa shape index (κ3) is 5.91. The molecule has 1 N–H and O–H groups in total. The summed E-state index contributed by atoms with van der Waals surface area (Å²) in [7, 11) is 2.71. The van der Waals surface area contributed by atoms with Crippen LogP contribution in [0, 0.1) is 5.82 Å². The van der Waals surface area contributed by atoms with Crippen molar-refractivity contribution >= 4 is 18.0 Å². The van der Waals surface area contributed by atoms with Crippen LogP contribution in [0.1, 0.15) is 11.1 Å². The third-order valence-electron chi connectivity index (χ3n) is 4.71. The Morgan fingerprint density at radius 3 is 2.31 bits per heavy atom. The fraction of sp³-hybridized carbons (Fsp3) is 0.182. The van der Waals surface area contributed by atoms with Gasteiger partial charge in [-0.05, 0) is 36.4 Å². The van der Waals surface area contributed by atoms with Crippen LogP contribution in [0.4, 0.5) is 41.2 Å². The molecule has 1 aromatic heterocycles. The van der Waals surface area contributed by atoms with Crippen molar-refractivity contribution in [3.8, 4) is 16.9 Å². The van der Waals surface area contributed by atoms with Gasteiger partial charge in [0.2, 0.25) is 0 Å². The van der Waals surface area contributed by atoms with Gasteiger partial charge in [0.15, 0.2) is 5.75 Å². The molecule has 1 amide bonds. The largest absolute Gasteiger partial charge is 0.420 e. The molecule has 0 aliphatic heterocycles. The zero-order valence-electron chi connectivity index (χ0n) is 18.1. The van der Waals surface area contributed by atoms with Crippen LogP contribution in [0.15, 0.2) is 55.0 Å². The van der Waals surface area contributed by atoms with E-state index < -0.39 is 46.7 Å². The monoisotopic (exact) mass is 502 g/mol. The SMILES string of the molecule is CN/C=C/n1cc(-c2cc(C(F)(F)F)cc(C(F)(F)F)c2OC(=O)N(C)c2ccc(F)cc2)cn1. The Bertz CT molecular complexity index is 1230. The topological polar surface area (TPSA) is 59.4 Å². The first kappa shape index (κ1) is 25.6. The minimum Gasteiger partial charge on any atom is -0.409 e. The second-order valence-corrected chi connectivity index (χ2v) is 7.11. The molecule has 2 aromatic carbocycles. The Hall–Kier alpha value is -4.03. The van der Waals surface area contributed by atoms with E-state index >= 15 is 0 Å². The molecule has 0 fully saturated rings. The lowest BCUT2D eigenvalue weighted by Gasteiger charge is -2.22. The highest BCUT2D eigenvalue weighted by molar-refractivity contribution is 5.90. The summed E-state index contributed by atoms with van der Waals surface area (Å²) in [4.78, 5) is 13.4. The number of halogens is 7. The van der Waals surface area contributed by atoms with Crippen molar-refractivity contribution in [1.82, 2.24) is 15.1 Å². The second kappa shape index (κ2) is 9.68. The van der Waals surface area contributed by atoms with E-state index in [2.05, 4.69) is 10.4 Å². The minimum absolute atomic E-state index is 0.0726. The number of ether oxygens (including phenoxy) is 1. The maximum absolute atomic E-state index is 13.8. The molecular formula is C22H17F7N4O2. The van der Waals surface area contributed by atoms with Gasteiger partial charge in [0.05, 0.1) is 17.3 Å². The number of amides is 1. The van der Waals surface area contributed by atoms with Gasteiger partial charge < -0.3 is 10.1 Å². The molecule has 0 unspecified atom stereocenters. The number of nitrogens with one attached hydrogen (secondary N) is 1. The van der Waals surface area contributed by atoms with Gasteiger partial charge >= 0.3 is 18.4 Å². The molecule has 0 aliphatic carbocycles. The molecule has 13 heteroatoms. The summed E-state index contributed by atoms with van der Waals surface area (Å²) in [5.41, 5.74) is -4.15. The van der Waals surface area contributed by atoms with Crippen LogP contribution in [-0.4, -0.2) is 30.0 Å². The molecule has 35 heavy (non-hydrogen) atoms. The van der Waals surface area contributed by atoms with Crippen molar-refractivity contribution in [2.75, 3.05) is 19.0 Å². The maximum atomic E-state index is 13.8. The lowest BCUT2D eigenvalue weighted by molar-refractivity contribution is -0.143. The molecule has 0 atom stereocenters. The number of benzene rings is 2. The van der Waals surface area contributed by atoms with E-state index in [1.807, 2.05) is 0 Å². The number of aromatic nitrogens is 2. The standard InChI is InChI=1S/C22H17F7N4O2/c1-30-7-8-33-12-13(11-31-33)17-9-14(21(24,25)26)10-18(22(27,28)29)19(17)35-20(34)32(2)16-5-3-15(23)4-6-16/h3-12,30H,1-2H3/b8-7+. The first-order chi connectivity index (χ1) is 16.3. The van der Waals surface area contributed by atoms with Gasteiger partial charge in [-0.2, -0.15) is 31.4 Å². The predicted octanol–water partition coefficient (Wildman–Crippen LogP) is 6.01. The summed E-state index contributed by atoms with van der Waals surface area (Å²) in [5, 5.41) is 6.52. The number of anilines is 1. The Morgan fingerprint density at radius 1 is 1.09 bits per heavy atom. The number of carbonyl (C=O) groups excluding carboxylic acids is 1.